The van der Waals surface area contributed by atoms with Crippen molar-refractivity contribution in [2.24, 2.45) is 0 Å². The van der Waals surface area contributed by atoms with E-state index in [4.69, 9.17) is 4.74 Å². The molecule has 2 aliphatic heterocycles. The smallest absolute Gasteiger partial charge is 0.311 e. The third-order valence-corrected chi connectivity index (χ3v) is 6.70. The van der Waals surface area contributed by atoms with Crippen molar-refractivity contribution < 1.29 is 32.7 Å². The van der Waals surface area contributed by atoms with E-state index in [0.717, 1.165) is 17.0 Å². The van der Waals surface area contributed by atoms with Crippen LogP contribution in [0.15, 0.2) is 23.0 Å². The number of rotatable bonds is 6. The van der Waals surface area contributed by atoms with Crippen molar-refractivity contribution in [3.8, 4) is 5.75 Å². The molecule has 0 fully saturated rings. The number of nitrogens with one attached hydrogen (secondary N) is 2. The molecule has 38 heavy (non-hydrogen) atoms. The van der Waals surface area contributed by atoms with Crippen LogP contribution in [0.3, 0.4) is 0 Å². The molecule has 1 unspecified atom stereocenters. The van der Waals surface area contributed by atoms with Crippen molar-refractivity contribution >= 4 is 23.6 Å². The maximum atomic E-state index is 14.1. The van der Waals surface area contributed by atoms with E-state index in [9.17, 15) is 32.8 Å². The van der Waals surface area contributed by atoms with Crippen LogP contribution in [0, 0.1) is 11.6 Å². The molecule has 1 aromatic carbocycles. The Morgan fingerprint density at radius 3 is 2.50 bits per heavy atom. The molecular weight excluding hydrogens is 504 g/mol. The van der Waals surface area contributed by atoms with Gasteiger partial charge in [-0.3, -0.25) is 24.0 Å². The van der Waals surface area contributed by atoms with E-state index in [-0.39, 0.29) is 42.2 Å². The zero-order valence-corrected chi connectivity index (χ0v) is 21.3. The molecular formula is C25H27F2N5O6. The summed E-state index contributed by atoms with van der Waals surface area (Å²) >= 11 is 0. The minimum Gasteiger partial charge on any atom is -0.491 e. The quantitative estimate of drug-likeness (QED) is 0.529. The highest BCUT2D eigenvalue weighted by Crippen LogP contribution is 2.42. The van der Waals surface area contributed by atoms with Gasteiger partial charge in [0.1, 0.15) is 17.2 Å². The fourth-order valence-electron chi connectivity index (χ4n) is 4.90. The van der Waals surface area contributed by atoms with Crippen LogP contribution in [0.5, 0.6) is 5.75 Å². The van der Waals surface area contributed by atoms with Gasteiger partial charge >= 0.3 is 11.8 Å². The lowest BCUT2D eigenvalue weighted by Gasteiger charge is -2.34. The fraction of sp³-hybridized carbons (Fsp3) is 0.400. The molecule has 2 aliphatic rings. The Hall–Kier alpha value is -4.29. The van der Waals surface area contributed by atoms with Crippen molar-refractivity contribution in [3.05, 3.63) is 62.6 Å². The van der Waals surface area contributed by atoms with Crippen LogP contribution in [-0.4, -0.2) is 72.3 Å². The van der Waals surface area contributed by atoms with Gasteiger partial charge in [-0.05, 0) is 19.4 Å². The lowest BCUT2D eigenvalue weighted by molar-refractivity contribution is -0.144. The van der Waals surface area contributed by atoms with Crippen LogP contribution in [0.1, 0.15) is 57.5 Å². The van der Waals surface area contributed by atoms with Crippen LogP contribution in [0.4, 0.5) is 8.78 Å². The van der Waals surface area contributed by atoms with Crippen molar-refractivity contribution in [2.45, 2.75) is 32.0 Å². The number of ether oxygens (including phenoxy) is 1. The summed E-state index contributed by atoms with van der Waals surface area (Å²) in [4.78, 5) is 67.7. The highest BCUT2D eigenvalue weighted by atomic mass is 19.1. The lowest BCUT2D eigenvalue weighted by atomic mass is 10.0. The first-order valence-electron chi connectivity index (χ1n) is 11.9. The average Bonchev–Trinajstić information content (AvgIpc) is 3.21. The summed E-state index contributed by atoms with van der Waals surface area (Å²) in [6.07, 6.45) is 0.197. The second-order valence-corrected chi connectivity index (χ2v) is 9.22. The molecule has 2 aromatic rings. The summed E-state index contributed by atoms with van der Waals surface area (Å²) in [5, 5.41) is 5.05. The number of aromatic nitrogens is 1. The Morgan fingerprint density at radius 1 is 1.18 bits per heavy atom. The second-order valence-electron chi connectivity index (χ2n) is 9.22. The number of amides is 4. The first-order valence-corrected chi connectivity index (χ1v) is 11.9. The van der Waals surface area contributed by atoms with Gasteiger partial charge in [-0.25, -0.2) is 8.78 Å². The highest BCUT2D eigenvalue weighted by molar-refractivity contribution is 6.34. The third-order valence-electron chi connectivity index (χ3n) is 6.70. The number of hydrogen-bond acceptors (Lipinski definition) is 6. The van der Waals surface area contributed by atoms with Gasteiger partial charge in [-0.1, -0.05) is 6.07 Å². The van der Waals surface area contributed by atoms with Crippen LogP contribution in [0.25, 0.3) is 0 Å². The van der Waals surface area contributed by atoms with Gasteiger partial charge < -0.3 is 29.7 Å². The molecule has 0 spiro atoms. The SMILES string of the molecule is CCN1C[C@@H]2CC(NC(=O)C(=O)N(C)C)c3c(C(=O)NCc4ccc(F)cc4F)c(=O)c(OC)c(n32)C1=O. The Kier molecular flexibility index (Phi) is 7.20. The summed E-state index contributed by atoms with van der Waals surface area (Å²) < 4.78 is 34.2. The van der Waals surface area contributed by atoms with E-state index >= 15 is 0 Å². The second kappa shape index (κ2) is 10.2. The number of benzene rings is 1. The maximum Gasteiger partial charge on any atom is 0.311 e. The van der Waals surface area contributed by atoms with Gasteiger partial charge in [0.25, 0.3) is 11.8 Å². The minimum absolute atomic E-state index is 0.0192. The standard InChI is InChI=1S/C25H27F2N5O6/c1-5-31-11-14-9-16(29-23(35)25(37)30(2)3)18-17(20(33)21(38-4)19(24(31)36)32(14)18)22(34)28-10-12-6-7-13(26)8-15(12)27/h6-8,14,16H,5,9-11H2,1-4H3,(H,28,34)(H,29,35)/t14-,16?/m0/s1. The van der Waals surface area contributed by atoms with Gasteiger partial charge in [0.05, 0.1) is 24.9 Å². The molecule has 1 aromatic heterocycles. The largest absolute Gasteiger partial charge is 0.491 e. The average molecular weight is 532 g/mol. The Balaban J connectivity index is 1.83. The zero-order valence-electron chi connectivity index (χ0n) is 21.3. The van der Waals surface area contributed by atoms with Crippen LogP contribution >= 0.6 is 0 Å². The normalized spacial score (nSPS) is 17.6. The van der Waals surface area contributed by atoms with Crippen LogP contribution in [-0.2, 0) is 16.1 Å². The molecule has 0 aliphatic carbocycles. The zero-order chi connectivity index (χ0) is 27.9. The highest BCUT2D eigenvalue weighted by Gasteiger charge is 2.46. The monoisotopic (exact) mass is 531 g/mol. The fourth-order valence-corrected chi connectivity index (χ4v) is 4.90. The maximum absolute atomic E-state index is 14.1. The Labute approximate surface area is 216 Å². The molecule has 0 saturated carbocycles. The van der Waals surface area contributed by atoms with Gasteiger partial charge in [0.15, 0.2) is 11.4 Å². The number of carbonyl (C=O) groups is 4. The predicted molar refractivity (Wildman–Crippen MR) is 130 cm³/mol. The van der Waals surface area contributed by atoms with E-state index in [0.29, 0.717) is 12.6 Å². The molecule has 4 amide bonds. The van der Waals surface area contributed by atoms with E-state index in [1.807, 2.05) is 0 Å². The van der Waals surface area contributed by atoms with Gasteiger partial charge in [0.2, 0.25) is 5.43 Å². The van der Waals surface area contributed by atoms with E-state index < -0.39 is 58.3 Å². The molecule has 0 radical (unpaired) electrons. The van der Waals surface area contributed by atoms with Gasteiger partial charge in [-0.2, -0.15) is 0 Å². The minimum atomic E-state index is -0.957. The van der Waals surface area contributed by atoms with Gasteiger partial charge in [0, 0.05) is 45.4 Å². The number of pyridine rings is 1. The van der Waals surface area contributed by atoms with E-state index in [2.05, 4.69) is 10.6 Å². The van der Waals surface area contributed by atoms with Crippen molar-refractivity contribution in [1.82, 2.24) is 25.0 Å². The van der Waals surface area contributed by atoms with Gasteiger partial charge in [-0.15, -0.1) is 0 Å². The summed E-state index contributed by atoms with van der Waals surface area (Å²) in [6.45, 7) is 2.01. The molecule has 4 rings (SSSR count). The third kappa shape index (κ3) is 4.48. The van der Waals surface area contributed by atoms with Crippen molar-refractivity contribution in [2.75, 3.05) is 34.3 Å². The first-order chi connectivity index (χ1) is 18.0. The summed E-state index contributed by atoms with van der Waals surface area (Å²) in [5.41, 5.74) is -1.32. The summed E-state index contributed by atoms with van der Waals surface area (Å²) in [5.74, 6) is -5.18. The Morgan fingerprint density at radius 2 is 1.89 bits per heavy atom. The first kappa shape index (κ1) is 26.8. The lowest BCUT2D eigenvalue weighted by Crippen LogP contribution is -2.45. The molecule has 2 N–H and O–H groups in total. The van der Waals surface area contributed by atoms with Crippen LogP contribution < -0.4 is 20.8 Å². The number of methoxy groups -OCH3 is 1. The molecule has 202 valence electrons. The predicted octanol–water partition coefficient (Wildman–Crippen LogP) is 0.731. The number of halogens is 2. The van der Waals surface area contributed by atoms with Crippen molar-refractivity contribution in [1.29, 1.82) is 0 Å². The number of nitrogens with zero attached hydrogens (tertiary/aromatic N) is 3. The molecule has 13 heteroatoms. The molecule has 0 saturated heterocycles. The van der Waals surface area contributed by atoms with Crippen molar-refractivity contribution in [3.63, 3.8) is 0 Å². The van der Waals surface area contributed by atoms with Crippen LogP contribution in [0.2, 0.25) is 0 Å². The van der Waals surface area contributed by atoms with E-state index in [1.54, 1.807) is 6.92 Å². The molecule has 11 nitrogen and oxygen atoms in total. The number of carbonyl (C=O) groups excluding carboxylic acids is 4. The topological polar surface area (TPSA) is 130 Å². The van der Waals surface area contributed by atoms with E-state index in [1.165, 1.54) is 30.7 Å². The number of likely N-dealkylation sites (N-methyl/N-ethyl adjacent to an activating group) is 2. The molecule has 2 atom stereocenters. The molecule has 3 heterocycles. The molecule has 0 bridgehead atoms. The summed E-state index contributed by atoms with van der Waals surface area (Å²) in [7, 11) is 4.01. The Bertz CT molecular complexity index is 1410. The summed E-state index contributed by atoms with van der Waals surface area (Å²) in [6, 6.07) is 1.48. The number of hydrogen-bond donors (Lipinski definition) is 2.